The number of aliphatic hydroxyl groups is 1. The highest BCUT2D eigenvalue weighted by molar-refractivity contribution is 7.93. The van der Waals surface area contributed by atoms with Crippen LogP contribution in [0.1, 0.15) is 60.3 Å². The number of ether oxygens (including phenoxy) is 1. The van der Waals surface area contributed by atoms with Crippen molar-refractivity contribution in [1.29, 1.82) is 0 Å². The molecule has 1 aliphatic rings. The van der Waals surface area contributed by atoms with Crippen LogP contribution in [0.4, 0.5) is 0 Å². The van der Waals surface area contributed by atoms with Gasteiger partial charge in [0.1, 0.15) is 4.75 Å². The number of carbonyl (C=O) groups is 1. The standard InChI is InChI=1S/C20H35NO5S/c1-7-8-11-26-17(12-15(2)19(3,4)14-22)21-18(23)20(5,6)27(24,25)13-16-9-10-16/h12,16,22H,2,7-11,13-14H2,1,3-6H3,(H,21,23)/b17-12-. The van der Waals surface area contributed by atoms with Gasteiger partial charge in [0.2, 0.25) is 5.91 Å². The number of nitrogens with one attached hydrogen (secondary N) is 1. The minimum atomic E-state index is -3.59. The number of allylic oxidation sites excluding steroid dienone is 1. The number of aliphatic hydroxyl groups excluding tert-OH is 1. The van der Waals surface area contributed by atoms with Gasteiger partial charge in [0.25, 0.3) is 0 Å². The van der Waals surface area contributed by atoms with Gasteiger partial charge in [-0.05, 0) is 44.6 Å². The summed E-state index contributed by atoms with van der Waals surface area (Å²) in [5.74, 6) is -0.258. The summed E-state index contributed by atoms with van der Waals surface area (Å²) in [6.45, 7) is 12.7. The Morgan fingerprint density at radius 1 is 1.30 bits per heavy atom. The Balaban J connectivity index is 2.98. The van der Waals surface area contributed by atoms with Gasteiger partial charge in [0.05, 0.1) is 19.0 Å². The first-order valence-electron chi connectivity index (χ1n) is 9.56. The second-order valence-electron chi connectivity index (χ2n) is 8.47. The molecule has 156 valence electrons. The maximum Gasteiger partial charge on any atom is 0.247 e. The average molecular weight is 402 g/mol. The summed E-state index contributed by atoms with van der Waals surface area (Å²) in [5.41, 5.74) is -0.00654. The summed E-state index contributed by atoms with van der Waals surface area (Å²) in [4.78, 5) is 12.8. The first kappa shape index (κ1) is 23.7. The highest BCUT2D eigenvalue weighted by Crippen LogP contribution is 2.34. The lowest BCUT2D eigenvalue weighted by Gasteiger charge is -2.26. The van der Waals surface area contributed by atoms with Crippen molar-refractivity contribution in [2.45, 2.75) is 65.0 Å². The van der Waals surface area contributed by atoms with Gasteiger partial charge in [-0.15, -0.1) is 0 Å². The zero-order valence-electron chi connectivity index (χ0n) is 17.3. The highest BCUT2D eigenvalue weighted by atomic mass is 32.2. The maximum absolute atomic E-state index is 12.8. The average Bonchev–Trinajstić information content (AvgIpc) is 3.37. The van der Waals surface area contributed by atoms with Crippen molar-refractivity contribution in [2.75, 3.05) is 19.0 Å². The van der Waals surface area contributed by atoms with E-state index < -0.39 is 25.9 Å². The Labute approximate surface area is 164 Å². The van der Waals surface area contributed by atoms with E-state index in [1.807, 2.05) is 20.8 Å². The number of amides is 1. The van der Waals surface area contributed by atoms with E-state index in [0.717, 1.165) is 25.7 Å². The normalized spacial score (nSPS) is 16.1. The SMILES string of the molecule is C=C(/C=C(/NC(=O)C(C)(C)S(=O)(=O)CC1CC1)OCCCC)C(C)(C)CO. The minimum Gasteiger partial charge on any atom is -0.479 e. The lowest BCUT2D eigenvalue weighted by atomic mass is 9.86. The first-order chi connectivity index (χ1) is 12.4. The molecule has 0 aromatic rings. The van der Waals surface area contributed by atoms with Crippen molar-refractivity contribution in [3.8, 4) is 0 Å². The second kappa shape index (κ2) is 9.24. The Morgan fingerprint density at radius 2 is 1.89 bits per heavy atom. The third kappa shape index (κ3) is 6.64. The molecule has 1 saturated carbocycles. The zero-order valence-corrected chi connectivity index (χ0v) is 18.1. The van der Waals surface area contributed by atoms with Gasteiger partial charge in [0, 0.05) is 11.5 Å². The lowest BCUT2D eigenvalue weighted by Crippen LogP contribution is -2.49. The summed E-state index contributed by atoms with van der Waals surface area (Å²) >= 11 is 0. The summed E-state index contributed by atoms with van der Waals surface area (Å²) < 4.78 is 29.4. The fourth-order valence-corrected chi connectivity index (χ4v) is 3.81. The molecule has 0 atom stereocenters. The van der Waals surface area contributed by atoms with E-state index in [1.165, 1.54) is 13.8 Å². The van der Waals surface area contributed by atoms with Crippen LogP contribution >= 0.6 is 0 Å². The van der Waals surface area contributed by atoms with Gasteiger partial charge in [-0.1, -0.05) is 33.8 Å². The largest absolute Gasteiger partial charge is 0.479 e. The monoisotopic (exact) mass is 401 g/mol. The molecule has 6 nitrogen and oxygen atoms in total. The van der Waals surface area contributed by atoms with Crippen LogP contribution in [0.5, 0.6) is 0 Å². The van der Waals surface area contributed by atoms with Crippen LogP contribution in [-0.4, -0.2) is 43.1 Å². The van der Waals surface area contributed by atoms with Crippen LogP contribution < -0.4 is 5.32 Å². The van der Waals surface area contributed by atoms with E-state index in [4.69, 9.17) is 4.74 Å². The van der Waals surface area contributed by atoms with E-state index in [9.17, 15) is 18.3 Å². The van der Waals surface area contributed by atoms with Crippen molar-refractivity contribution in [1.82, 2.24) is 5.32 Å². The molecule has 0 unspecified atom stereocenters. The first-order valence-corrected chi connectivity index (χ1v) is 11.2. The maximum atomic E-state index is 12.8. The van der Waals surface area contributed by atoms with Gasteiger partial charge in [-0.3, -0.25) is 10.1 Å². The molecular formula is C20H35NO5S. The molecule has 27 heavy (non-hydrogen) atoms. The fourth-order valence-electron chi connectivity index (χ4n) is 2.10. The molecule has 1 rings (SSSR count). The fraction of sp³-hybridized carbons (Fsp3) is 0.750. The lowest BCUT2D eigenvalue weighted by molar-refractivity contribution is -0.123. The van der Waals surface area contributed by atoms with Crippen molar-refractivity contribution >= 4 is 15.7 Å². The van der Waals surface area contributed by atoms with E-state index in [-0.39, 0.29) is 24.2 Å². The third-order valence-corrected chi connectivity index (χ3v) is 7.69. The number of hydrogen-bond acceptors (Lipinski definition) is 5. The Morgan fingerprint density at radius 3 is 2.37 bits per heavy atom. The van der Waals surface area contributed by atoms with Crippen LogP contribution in [0.25, 0.3) is 0 Å². The topological polar surface area (TPSA) is 92.7 Å². The predicted molar refractivity (Wildman–Crippen MR) is 108 cm³/mol. The predicted octanol–water partition coefficient (Wildman–Crippen LogP) is 2.94. The second-order valence-corrected chi connectivity index (χ2v) is 11.1. The molecular weight excluding hydrogens is 366 g/mol. The molecule has 1 fully saturated rings. The van der Waals surface area contributed by atoms with E-state index in [1.54, 1.807) is 6.08 Å². The number of hydrogen-bond donors (Lipinski definition) is 2. The summed E-state index contributed by atoms with van der Waals surface area (Å²) in [5, 5.41) is 12.1. The number of rotatable bonds is 12. The molecule has 2 N–H and O–H groups in total. The number of sulfone groups is 1. The van der Waals surface area contributed by atoms with Crippen LogP contribution in [0, 0.1) is 11.3 Å². The smallest absolute Gasteiger partial charge is 0.247 e. The van der Waals surface area contributed by atoms with Gasteiger partial charge in [-0.2, -0.15) is 0 Å². The van der Waals surface area contributed by atoms with E-state index in [2.05, 4.69) is 11.9 Å². The van der Waals surface area contributed by atoms with E-state index >= 15 is 0 Å². The van der Waals surface area contributed by atoms with Gasteiger partial charge >= 0.3 is 0 Å². The highest BCUT2D eigenvalue weighted by Gasteiger charge is 2.44. The molecule has 0 heterocycles. The quantitative estimate of drug-likeness (QED) is 0.298. The molecule has 1 amide bonds. The van der Waals surface area contributed by atoms with Crippen molar-refractivity contribution < 1.29 is 23.1 Å². The molecule has 1 aliphatic carbocycles. The summed E-state index contributed by atoms with van der Waals surface area (Å²) in [7, 11) is -3.59. The molecule has 0 bridgehead atoms. The molecule has 0 aromatic heterocycles. The van der Waals surface area contributed by atoms with Crippen molar-refractivity contribution in [2.24, 2.45) is 11.3 Å². The van der Waals surface area contributed by atoms with Crippen LogP contribution in [0.15, 0.2) is 24.1 Å². The molecule has 7 heteroatoms. The third-order valence-electron chi connectivity index (χ3n) is 5.04. The van der Waals surface area contributed by atoms with E-state index in [0.29, 0.717) is 12.2 Å². The van der Waals surface area contributed by atoms with Crippen molar-refractivity contribution in [3.05, 3.63) is 24.1 Å². The molecule has 0 saturated heterocycles. The van der Waals surface area contributed by atoms with Gasteiger partial charge in [0.15, 0.2) is 15.7 Å². The minimum absolute atomic E-state index is 0.0351. The molecule has 0 radical (unpaired) electrons. The number of unbranched alkanes of at least 4 members (excludes halogenated alkanes) is 1. The number of carbonyl (C=O) groups excluding carboxylic acids is 1. The Kier molecular flexibility index (Phi) is 8.11. The Bertz CT molecular complexity index is 672. The summed E-state index contributed by atoms with van der Waals surface area (Å²) in [6.07, 6.45) is 5.09. The van der Waals surface area contributed by atoms with Gasteiger partial charge in [-0.25, -0.2) is 8.42 Å². The molecule has 0 aliphatic heterocycles. The zero-order chi connectivity index (χ0) is 20.9. The molecule has 0 aromatic carbocycles. The summed E-state index contributed by atoms with van der Waals surface area (Å²) in [6, 6.07) is 0. The van der Waals surface area contributed by atoms with Crippen LogP contribution in [0.2, 0.25) is 0 Å². The van der Waals surface area contributed by atoms with Crippen LogP contribution in [0.3, 0.4) is 0 Å². The van der Waals surface area contributed by atoms with Crippen LogP contribution in [-0.2, 0) is 19.4 Å². The van der Waals surface area contributed by atoms with Crippen molar-refractivity contribution in [3.63, 3.8) is 0 Å². The van der Waals surface area contributed by atoms with Gasteiger partial charge < -0.3 is 9.84 Å². The Hall–Kier alpha value is -1.34. The molecule has 0 spiro atoms.